The summed E-state index contributed by atoms with van der Waals surface area (Å²) < 4.78 is 0. The third kappa shape index (κ3) is 3.39. The van der Waals surface area contributed by atoms with Crippen molar-refractivity contribution in [1.29, 1.82) is 0 Å². The van der Waals surface area contributed by atoms with Crippen LogP contribution < -0.4 is 5.73 Å². The van der Waals surface area contributed by atoms with Gasteiger partial charge in [0.15, 0.2) is 0 Å². The van der Waals surface area contributed by atoms with E-state index in [9.17, 15) is 0 Å². The molecular weight excluding hydrogens is 230 g/mol. The van der Waals surface area contributed by atoms with E-state index < -0.39 is 0 Å². The van der Waals surface area contributed by atoms with Crippen molar-refractivity contribution in [3.63, 3.8) is 0 Å². The van der Waals surface area contributed by atoms with Crippen LogP contribution in [0.2, 0.25) is 0 Å². The molecule has 0 atom stereocenters. The van der Waals surface area contributed by atoms with Gasteiger partial charge in [0.05, 0.1) is 0 Å². The molecule has 0 radical (unpaired) electrons. The molecule has 2 rings (SSSR count). The first-order valence-electron chi connectivity index (χ1n) is 7.79. The molecule has 1 saturated carbocycles. The minimum absolute atomic E-state index is 0.0381. The number of hydrogen-bond acceptors (Lipinski definition) is 1. The summed E-state index contributed by atoms with van der Waals surface area (Å²) >= 11 is 0. The summed E-state index contributed by atoms with van der Waals surface area (Å²) in [6.45, 7) is 8.95. The number of hydrogen-bond donors (Lipinski definition) is 1. The van der Waals surface area contributed by atoms with Gasteiger partial charge in [-0.25, -0.2) is 0 Å². The van der Waals surface area contributed by atoms with Gasteiger partial charge >= 0.3 is 0 Å². The first kappa shape index (κ1) is 14.6. The molecule has 1 nitrogen and oxygen atoms in total. The van der Waals surface area contributed by atoms with Gasteiger partial charge in [0.25, 0.3) is 0 Å². The topological polar surface area (TPSA) is 26.0 Å². The van der Waals surface area contributed by atoms with Crippen LogP contribution in [0.25, 0.3) is 0 Å². The maximum absolute atomic E-state index is 6.68. The van der Waals surface area contributed by atoms with Crippen LogP contribution in [0.1, 0.15) is 61.3 Å². The Kier molecular flexibility index (Phi) is 4.35. The molecule has 0 heterocycles. The molecule has 106 valence electrons. The minimum atomic E-state index is 0.0381. The van der Waals surface area contributed by atoms with Gasteiger partial charge in [-0.3, -0.25) is 0 Å². The molecule has 1 aliphatic rings. The van der Waals surface area contributed by atoms with E-state index in [0.717, 1.165) is 12.3 Å². The first-order chi connectivity index (χ1) is 8.93. The number of benzene rings is 1. The lowest BCUT2D eigenvalue weighted by molar-refractivity contribution is 0.228. The predicted molar refractivity (Wildman–Crippen MR) is 83.5 cm³/mol. The highest BCUT2D eigenvalue weighted by Crippen LogP contribution is 2.35. The molecule has 1 heteroatoms. The van der Waals surface area contributed by atoms with E-state index in [4.69, 9.17) is 5.73 Å². The van der Waals surface area contributed by atoms with Crippen LogP contribution in [-0.2, 0) is 6.42 Å². The second-order valence-electron chi connectivity index (χ2n) is 6.77. The molecule has 1 aromatic rings. The Morgan fingerprint density at radius 1 is 1.11 bits per heavy atom. The van der Waals surface area contributed by atoms with Crippen LogP contribution in [0.5, 0.6) is 0 Å². The van der Waals surface area contributed by atoms with Gasteiger partial charge in [-0.15, -0.1) is 0 Å². The van der Waals surface area contributed by atoms with E-state index in [1.165, 1.54) is 54.4 Å². The molecule has 1 aromatic carbocycles. The van der Waals surface area contributed by atoms with Gasteiger partial charge in [-0.2, -0.15) is 0 Å². The van der Waals surface area contributed by atoms with Crippen molar-refractivity contribution >= 4 is 0 Å². The Balaban J connectivity index is 2.13. The van der Waals surface area contributed by atoms with Crippen molar-refractivity contribution in [2.75, 3.05) is 0 Å². The standard InChI is InChI=1S/C18H29N/c1-5-16-6-8-18(19,9-7-16)12-17-14(3)10-13(2)11-15(17)4/h10-11,16H,5-9,12,19H2,1-4H3. The largest absolute Gasteiger partial charge is 0.325 e. The fourth-order valence-corrected chi connectivity index (χ4v) is 3.68. The van der Waals surface area contributed by atoms with Crippen LogP contribution in [0.3, 0.4) is 0 Å². The lowest BCUT2D eigenvalue weighted by Gasteiger charge is -2.38. The summed E-state index contributed by atoms with van der Waals surface area (Å²) in [4.78, 5) is 0. The van der Waals surface area contributed by atoms with Crippen LogP contribution in [0.15, 0.2) is 12.1 Å². The van der Waals surface area contributed by atoms with Crippen molar-refractivity contribution < 1.29 is 0 Å². The smallest absolute Gasteiger partial charge is 0.0195 e. The predicted octanol–water partition coefficient (Wildman–Crippen LogP) is 4.45. The van der Waals surface area contributed by atoms with Crippen molar-refractivity contribution in [3.05, 3.63) is 34.4 Å². The van der Waals surface area contributed by atoms with Gasteiger partial charge < -0.3 is 5.73 Å². The molecular formula is C18H29N. The SMILES string of the molecule is CCC1CCC(N)(Cc2c(C)cc(C)cc2C)CC1. The summed E-state index contributed by atoms with van der Waals surface area (Å²) in [5.74, 6) is 0.914. The summed E-state index contributed by atoms with van der Waals surface area (Å²) in [7, 11) is 0. The molecule has 1 fully saturated rings. The van der Waals surface area contributed by atoms with Crippen molar-refractivity contribution in [3.8, 4) is 0 Å². The van der Waals surface area contributed by atoms with E-state index in [1.54, 1.807) is 0 Å². The van der Waals surface area contributed by atoms with Gasteiger partial charge in [-0.1, -0.05) is 31.0 Å². The van der Waals surface area contributed by atoms with Crippen molar-refractivity contribution in [1.82, 2.24) is 0 Å². The van der Waals surface area contributed by atoms with E-state index in [1.807, 2.05) is 0 Å². The molecule has 0 bridgehead atoms. The maximum Gasteiger partial charge on any atom is 0.0195 e. The van der Waals surface area contributed by atoms with Gasteiger partial charge in [0, 0.05) is 5.54 Å². The van der Waals surface area contributed by atoms with Crippen LogP contribution in [-0.4, -0.2) is 5.54 Å². The summed E-state index contributed by atoms with van der Waals surface area (Å²) in [6.07, 6.45) is 7.39. The molecule has 0 saturated heterocycles. The average Bonchev–Trinajstić information content (AvgIpc) is 2.35. The zero-order chi connectivity index (χ0) is 14.0. The molecule has 0 aliphatic heterocycles. The summed E-state index contributed by atoms with van der Waals surface area (Å²) in [5.41, 5.74) is 12.4. The Bertz CT molecular complexity index is 416. The quantitative estimate of drug-likeness (QED) is 0.852. The molecule has 19 heavy (non-hydrogen) atoms. The molecule has 1 aliphatic carbocycles. The second kappa shape index (κ2) is 5.66. The highest BCUT2D eigenvalue weighted by atomic mass is 14.7. The number of rotatable bonds is 3. The Hall–Kier alpha value is -0.820. The van der Waals surface area contributed by atoms with Crippen LogP contribution >= 0.6 is 0 Å². The summed E-state index contributed by atoms with van der Waals surface area (Å²) in [5, 5.41) is 0. The number of nitrogens with two attached hydrogens (primary N) is 1. The number of aryl methyl sites for hydroxylation is 3. The van der Waals surface area contributed by atoms with E-state index >= 15 is 0 Å². The first-order valence-corrected chi connectivity index (χ1v) is 7.79. The normalized spacial score (nSPS) is 27.5. The fraction of sp³-hybridized carbons (Fsp3) is 0.667. The van der Waals surface area contributed by atoms with Crippen LogP contribution in [0.4, 0.5) is 0 Å². The van der Waals surface area contributed by atoms with Crippen molar-refractivity contribution in [2.45, 2.75) is 71.8 Å². The van der Waals surface area contributed by atoms with Crippen molar-refractivity contribution in [2.24, 2.45) is 11.7 Å². The lowest BCUT2D eigenvalue weighted by atomic mass is 9.72. The molecule has 0 aromatic heterocycles. The third-order valence-electron chi connectivity index (χ3n) is 5.05. The molecule has 2 N–H and O–H groups in total. The summed E-state index contributed by atoms with van der Waals surface area (Å²) in [6, 6.07) is 4.59. The molecule has 0 spiro atoms. The maximum atomic E-state index is 6.68. The monoisotopic (exact) mass is 259 g/mol. The third-order valence-corrected chi connectivity index (χ3v) is 5.05. The van der Waals surface area contributed by atoms with E-state index in [0.29, 0.717) is 0 Å². The average molecular weight is 259 g/mol. The lowest BCUT2D eigenvalue weighted by Crippen LogP contribution is -2.45. The Labute approximate surface area is 118 Å². The van der Waals surface area contributed by atoms with Gasteiger partial charge in [-0.05, 0) is 75.5 Å². The van der Waals surface area contributed by atoms with E-state index in [2.05, 4.69) is 39.8 Å². The molecule has 0 unspecified atom stereocenters. The zero-order valence-electron chi connectivity index (χ0n) is 13.1. The van der Waals surface area contributed by atoms with Crippen LogP contribution in [0, 0.1) is 26.7 Å². The van der Waals surface area contributed by atoms with Gasteiger partial charge in [0.2, 0.25) is 0 Å². The highest BCUT2D eigenvalue weighted by Gasteiger charge is 2.31. The Morgan fingerprint density at radius 2 is 1.63 bits per heavy atom. The fourth-order valence-electron chi connectivity index (χ4n) is 3.68. The zero-order valence-corrected chi connectivity index (χ0v) is 13.1. The van der Waals surface area contributed by atoms with E-state index in [-0.39, 0.29) is 5.54 Å². The molecule has 0 amide bonds. The van der Waals surface area contributed by atoms with Gasteiger partial charge in [0.1, 0.15) is 0 Å². The second-order valence-corrected chi connectivity index (χ2v) is 6.77. The minimum Gasteiger partial charge on any atom is -0.325 e. The Morgan fingerprint density at radius 3 is 2.11 bits per heavy atom. The highest BCUT2D eigenvalue weighted by molar-refractivity contribution is 5.38.